The zero-order valence-electron chi connectivity index (χ0n) is 29.5. The van der Waals surface area contributed by atoms with E-state index < -0.39 is 0 Å². The minimum atomic E-state index is 0.528. The Morgan fingerprint density at radius 1 is 0.345 bits per heavy atom. The topological polar surface area (TPSA) is 77.6 Å². The Bertz CT molecular complexity index is 2930. The molecule has 0 fully saturated rings. The van der Waals surface area contributed by atoms with Crippen molar-refractivity contribution >= 4 is 22.2 Å². The summed E-state index contributed by atoms with van der Waals surface area (Å²) in [6, 6.07) is 62.0. The van der Waals surface area contributed by atoms with Gasteiger partial charge in [-0.3, -0.25) is 0 Å². The van der Waals surface area contributed by atoms with Crippen LogP contribution in [0.25, 0.3) is 101 Å². The van der Waals surface area contributed by atoms with E-state index >= 15 is 0 Å². The van der Waals surface area contributed by atoms with Gasteiger partial charge >= 0.3 is 0 Å². The molecule has 0 spiro atoms. The maximum Gasteiger partial charge on any atom is 0.229 e. The van der Waals surface area contributed by atoms with Crippen LogP contribution in [-0.2, 0) is 0 Å². The molecule has 0 saturated heterocycles. The molecule has 6 aromatic carbocycles. The Labute approximate surface area is 317 Å². The lowest BCUT2D eigenvalue weighted by Gasteiger charge is -2.11. The maximum absolute atomic E-state index is 6.33. The summed E-state index contributed by atoms with van der Waals surface area (Å²) in [6.45, 7) is 0. The second-order valence-electron chi connectivity index (χ2n) is 13.3. The van der Waals surface area contributed by atoms with Crippen molar-refractivity contribution < 1.29 is 4.42 Å². The van der Waals surface area contributed by atoms with Crippen molar-refractivity contribution in [3.05, 3.63) is 188 Å². The molecule has 6 nitrogen and oxygen atoms in total. The molecule has 10 aromatic rings. The van der Waals surface area contributed by atoms with E-state index in [1.54, 1.807) is 6.20 Å². The molecule has 10 rings (SSSR count). The first-order chi connectivity index (χ1) is 27.2. The third kappa shape index (κ3) is 6.22. The van der Waals surface area contributed by atoms with E-state index in [0.29, 0.717) is 28.6 Å². The van der Waals surface area contributed by atoms with Gasteiger partial charge in [0.05, 0.1) is 16.8 Å². The molecule has 0 saturated carbocycles. The van der Waals surface area contributed by atoms with Crippen LogP contribution in [0.4, 0.5) is 0 Å². The highest BCUT2D eigenvalue weighted by atomic mass is 16.3. The smallest absolute Gasteiger partial charge is 0.229 e. The lowest BCUT2D eigenvalue weighted by Crippen LogP contribution is -1.96. The molecular weight excluding hydrogens is 675 g/mol. The number of pyridine rings is 1. The molecule has 0 aliphatic rings. The van der Waals surface area contributed by atoms with Crippen molar-refractivity contribution in [2.75, 3.05) is 0 Å². The first kappa shape index (κ1) is 32.1. The number of fused-ring (bicyclic) bond motifs is 3. The Morgan fingerprint density at radius 2 is 0.782 bits per heavy atom. The van der Waals surface area contributed by atoms with Gasteiger partial charge in [0.15, 0.2) is 17.2 Å². The van der Waals surface area contributed by atoms with Crippen LogP contribution in [-0.4, -0.2) is 24.9 Å². The monoisotopic (exact) mass is 705 g/mol. The molecule has 258 valence electrons. The summed E-state index contributed by atoms with van der Waals surface area (Å²) < 4.78 is 6.33. The first-order valence-corrected chi connectivity index (χ1v) is 18.2. The standard InChI is InChI=1S/C49H31N5O/c1-4-11-32(12-5-1)34-18-22-36(23-19-34)42-31-43(52-47(51-42)39-15-8-3-9-16-39)37-24-26-38(27-25-37)44-46-45(41-17-10-30-50-49(41)55-46)54-48(53-44)40-28-20-35(21-29-40)33-13-6-2-7-14-33/h1-31H. The summed E-state index contributed by atoms with van der Waals surface area (Å²) in [4.78, 5) is 24.7. The summed E-state index contributed by atoms with van der Waals surface area (Å²) in [7, 11) is 0. The van der Waals surface area contributed by atoms with Gasteiger partial charge in [-0.25, -0.2) is 24.9 Å². The molecular formula is C49H31N5O. The fraction of sp³-hybridized carbons (Fsp3) is 0. The first-order valence-electron chi connectivity index (χ1n) is 18.2. The number of hydrogen-bond donors (Lipinski definition) is 0. The second-order valence-corrected chi connectivity index (χ2v) is 13.3. The lowest BCUT2D eigenvalue weighted by molar-refractivity contribution is 0.652. The molecule has 0 aliphatic heterocycles. The molecule has 55 heavy (non-hydrogen) atoms. The van der Waals surface area contributed by atoms with Crippen LogP contribution in [0.3, 0.4) is 0 Å². The highest BCUT2D eigenvalue weighted by Gasteiger charge is 2.19. The molecule has 0 bridgehead atoms. The predicted molar refractivity (Wildman–Crippen MR) is 221 cm³/mol. The summed E-state index contributed by atoms with van der Waals surface area (Å²) in [6.07, 6.45) is 1.73. The van der Waals surface area contributed by atoms with Crippen molar-refractivity contribution in [1.29, 1.82) is 0 Å². The van der Waals surface area contributed by atoms with Crippen LogP contribution < -0.4 is 0 Å². The van der Waals surface area contributed by atoms with Crippen molar-refractivity contribution in [1.82, 2.24) is 24.9 Å². The molecule has 4 heterocycles. The zero-order chi connectivity index (χ0) is 36.6. The summed E-state index contributed by atoms with van der Waals surface area (Å²) in [5, 5.41) is 0.846. The Kier molecular flexibility index (Phi) is 8.04. The molecule has 6 heteroatoms. The van der Waals surface area contributed by atoms with Gasteiger partial charge in [0, 0.05) is 34.0 Å². The van der Waals surface area contributed by atoms with Crippen molar-refractivity contribution in [2.24, 2.45) is 0 Å². The quantitative estimate of drug-likeness (QED) is 0.164. The Balaban J connectivity index is 1.05. The van der Waals surface area contributed by atoms with Gasteiger partial charge in [-0.15, -0.1) is 0 Å². The number of aromatic nitrogens is 5. The van der Waals surface area contributed by atoms with Crippen LogP contribution in [0, 0.1) is 0 Å². The highest BCUT2D eigenvalue weighted by Crippen LogP contribution is 2.36. The van der Waals surface area contributed by atoms with Gasteiger partial charge < -0.3 is 4.42 Å². The van der Waals surface area contributed by atoms with E-state index in [-0.39, 0.29) is 0 Å². The largest absolute Gasteiger partial charge is 0.434 e. The van der Waals surface area contributed by atoms with E-state index in [4.69, 9.17) is 24.4 Å². The lowest BCUT2D eigenvalue weighted by atomic mass is 10.0. The Hall–Kier alpha value is -7.57. The summed E-state index contributed by atoms with van der Waals surface area (Å²) >= 11 is 0. The number of hydrogen-bond acceptors (Lipinski definition) is 6. The van der Waals surface area contributed by atoms with Gasteiger partial charge in [-0.05, 0) is 40.5 Å². The highest BCUT2D eigenvalue weighted by molar-refractivity contribution is 6.06. The Morgan fingerprint density at radius 3 is 1.35 bits per heavy atom. The van der Waals surface area contributed by atoms with Gasteiger partial charge in [0.2, 0.25) is 5.71 Å². The van der Waals surface area contributed by atoms with Crippen molar-refractivity contribution in [2.45, 2.75) is 0 Å². The number of rotatable bonds is 7. The minimum absolute atomic E-state index is 0.528. The van der Waals surface area contributed by atoms with Gasteiger partial charge in [0.25, 0.3) is 0 Å². The average molecular weight is 706 g/mol. The molecule has 0 unspecified atom stereocenters. The van der Waals surface area contributed by atoms with Crippen LogP contribution in [0.5, 0.6) is 0 Å². The second kappa shape index (κ2) is 13.8. The fourth-order valence-corrected chi connectivity index (χ4v) is 6.97. The van der Waals surface area contributed by atoms with Crippen LogP contribution in [0.1, 0.15) is 0 Å². The molecule has 0 N–H and O–H groups in total. The minimum Gasteiger partial charge on any atom is -0.434 e. The summed E-state index contributed by atoms with van der Waals surface area (Å²) in [5.41, 5.74) is 13.6. The van der Waals surface area contributed by atoms with E-state index in [0.717, 1.165) is 66.8 Å². The molecule has 0 radical (unpaired) electrons. The third-order valence-electron chi connectivity index (χ3n) is 9.84. The van der Waals surface area contributed by atoms with Gasteiger partial charge in [0.1, 0.15) is 11.2 Å². The van der Waals surface area contributed by atoms with Crippen LogP contribution in [0.15, 0.2) is 193 Å². The van der Waals surface area contributed by atoms with Gasteiger partial charge in [-0.1, -0.05) is 164 Å². The normalized spacial score (nSPS) is 11.3. The van der Waals surface area contributed by atoms with E-state index in [1.807, 2.05) is 66.7 Å². The number of nitrogens with zero attached hydrogens (tertiary/aromatic N) is 5. The molecule has 0 aliphatic carbocycles. The van der Waals surface area contributed by atoms with E-state index in [9.17, 15) is 0 Å². The number of furan rings is 1. The fourth-order valence-electron chi connectivity index (χ4n) is 6.97. The van der Waals surface area contributed by atoms with Crippen molar-refractivity contribution in [3.63, 3.8) is 0 Å². The SMILES string of the molecule is c1ccc(-c2ccc(-c3cc(-c4ccc(-c5nc(-c6ccc(-c7ccccc7)cc6)nc6c5oc5ncccc56)cc4)nc(-c4ccccc4)n3)cc2)cc1. The maximum atomic E-state index is 6.33. The van der Waals surface area contributed by atoms with Crippen LogP contribution in [0.2, 0.25) is 0 Å². The van der Waals surface area contributed by atoms with E-state index in [1.165, 1.54) is 5.56 Å². The molecule has 0 atom stereocenters. The van der Waals surface area contributed by atoms with Crippen LogP contribution >= 0.6 is 0 Å². The summed E-state index contributed by atoms with van der Waals surface area (Å²) in [5.74, 6) is 1.28. The van der Waals surface area contributed by atoms with E-state index in [2.05, 4.69) is 120 Å². The zero-order valence-corrected chi connectivity index (χ0v) is 29.5. The average Bonchev–Trinajstić information content (AvgIpc) is 3.66. The van der Waals surface area contributed by atoms with Gasteiger partial charge in [-0.2, -0.15) is 0 Å². The number of benzene rings is 6. The molecule has 4 aromatic heterocycles. The molecule has 0 amide bonds. The predicted octanol–water partition coefficient (Wildman–Crippen LogP) is 12.2. The van der Waals surface area contributed by atoms with Crippen molar-refractivity contribution in [3.8, 4) is 78.8 Å². The third-order valence-corrected chi connectivity index (χ3v) is 9.84.